The van der Waals surface area contributed by atoms with Gasteiger partial charge in [-0.1, -0.05) is 60.7 Å². The summed E-state index contributed by atoms with van der Waals surface area (Å²) in [5.74, 6) is -1.12. The highest BCUT2D eigenvalue weighted by molar-refractivity contribution is 7.80. The minimum atomic E-state index is -0.479. The number of hydrogen-bond donors (Lipinski definition) is 3. The first-order chi connectivity index (χ1) is 15.0. The molecule has 0 heterocycles. The molecule has 3 N–H and O–H groups in total. The zero-order chi connectivity index (χ0) is 21.7. The lowest BCUT2D eigenvalue weighted by Gasteiger charge is -2.24. The lowest BCUT2D eigenvalue weighted by Crippen LogP contribution is -2.24. The summed E-state index contributed by atoms with van der Waals surface area (Å²) in [7, 11) is 0. The smallest absolute Gasteiger partial charge is 0.200 e. The molecule has 0 spiro atoms. The van der Waals surface area contributed by atoms with Crippen molar-refractivity contribution in [3.8, 4) is 28.0 Å². The van der Waals surface area contributed by atoms with Gasteiger partial charge in [-0.05, 0) is 34.9 Å². The number of hydrogen-bond acceptors (Lipinski definition) is 5. The molecule has 0 unspecified atom stereocenters. The minimum Gasteiger partial charge on any atom is -0.507 e. The van der Waals surface area contributed by atoms with Gasteiger partial charge in [-0.3, -0.25) is 9.59 Å². The first kappa shape index (κ1) is 19.2. The van der Waals surface area contributed by atoms with E-state index in [0.29, 0.717) is 10.5 Å². The van der Waals surface area contributed by atoms with Gasteiger partial charge in [0.2, 0.25) is 0 Å². The predicted octanol–water partition coefficient (Wildman–Crippen LogP) is 5.37. The fourth-order valence-corrected chi connectivity index (χ4v) is 4.48. The first-order valence-corrected chi connectivity index (χ1v) is 10.2. The van der Waals surface area contributed by atoms with E-state index in [-0.39, 0.29) is 39.5 Å². The second kappa shape index (κ2) is 7.15. The summed E-state index contributed by atoms with van der Waals surface area (Å²) < 4.78 is 0. The summed E-state index contributed by atoms with van der Waals surface area (Å²) in [6.45, 7) is 0. The Bertz CT molecular complexity index is 1380. The fraction of sp³-hybridized carbons (Fsp3) is 0. The van der Waals surface area contributed by atoms with E-state index in [9.17, 15) is 14.7 Å². The summed E-state index contributed by atoms with van der Waals surface area (Å²) in [4.78, 5) is 27.2. The Balaban J connectivity index is 1.89. The molecule has 4 aromatic rings. The predicted molar refractivity (Wildman–Crippen MR) is 124 cm³/mol. The molecule has 150 valence electrons. The quantitative estimate of drug-likeness (QED) is 0.263. The maximum Gasteiger partial charge on any atom is 0.200 e. The highest BCUT2D eigenvalue weighted by Crippen LogP contribution is 2.45. The van der Waals surface area contributed by atoms with Gasteiger partial charge in [-0.25, -0.2) is 0 Å². The average Bonchev–Trinajstić information content (AvgIpc) is 2.79. The van der Waals surface area contributed by atoms with E-state index in [1.807, 2.05) is 60.7 Å². The van der Waals surface area contributed by atoms with Crippen molar-refractivity contribution >= 4 is 29.9 Å². The summed E-state index contributed by atoms with van der Waals surface area (Å²) >= 11 is 4.36. The fourth-order valence-electron chi connectivity index (χ4n) is 4.19. The van der Waals surface area contributed by atoms with Gasteiger partial charge in [0, 0.05) is 16.0 Å². The number of phenols is 1. The average molecular weight is 423 g/mol. The molecule has 5 heteroatoms. The van der Waals surface area contributed by atoms with Gasteiger partial charge in [-0.2, -0.15) is 0 Å². The third kappa shape index (κ3) is 2.86. The molecular formula is C26H17NO3S. The number of phenolic OH excluding ortho intramolecular Hbond substituents is 1. The van der Waals surface area contributed by atoms with Gasteiger partial charge in [0.05, 0.1) is 22.4 Å². The molecule has 0 radical (unpaired) electrons. The maximum absolute atomic E-state index is 13.5. The number of benzene rings is 4. The number of ketones is 2. The lowest BCUT2D eigenvalue weighted by atomic mass is 9.78. The third-order valence-electron chi connectivity index (χ3n) is 5.60. The second-order valence-corrected chi connectivity index (χ2v) is 7.86. The second-order valence-electron chi connectivity index (χ2n) is 7.38. The Morgan fingerprint density at radius 3 is 1.90 bits per heavy atom. The third-order valence-corrected chi connectivity index (χ3v) is 5.97. The molecule has 0 saturated heterocycles. The highest BCUT2D eigenvalue weighted by Gasteiger charge is 2.37. The standard InChI is InChI=1S/C26H17NO3S/c27-24-20(15-9-5-2-6-10-15)16(14-7-3-1-4-8-14)13-17-21(24)26(30)22-18(28)11-12-19(31)23(22)25(17)29/h1-13,28,31H,27H2. The number of fused-ring (bicyclic) bond motifs is 2. The van der Waals surface area contributed by atoms with Crippen molar-refractivity contribution in [2.75, 3.05) is 5.73 Å². The number of thiol groups is 1. The Morgan fingerprint density at radius 2 is 1.26 bits per heavy atom. The van der Waals surface area contributed by atoms with Crippen molar-refractivity contribution in [1.29, 1.82) is 0 Å². The Labute approximate surface area is 184 Å². The van der Waals surface area contributed by atoms with Crippen molar-refractivity contribution in [1.82, 2.24) is 0 Å². The monoisotopic (exact) mass is 423 g/mol. The van der Waals surface area contributed by atoms with Crippen molar-refractivity contribution in [2.45, 2.75) is 4.90 Å². The van der Waals surface area contributed by atoms with E-state index < -0.39 is 5.78 Å². The number of carbonyl (C=O) groups excluding carboxylic acids is 2. The van der Waals surface area contributed by atoms with E-state index in [1.54, 1.807) is 6.07 Å². The summed E-state index contributed by atoms with van der Waals surface area (Å²) in [6, 6.07) is 23.7. The molecule has 31 heavy (non-hydrogen) atoms. The topological polar surface area (TPSA) is 80.4 Å². The molecule has 0 saturated carbocycles. The van der Waals surface area contributed by atoms with Crippen LogP contribution < -0.4 is 5.73 Å². The van der Waals surface area contributed by atoms with Crippen LogP contribution in [0.25, 0.3) is 22.3 Å². The molecule has 4 nitrogen and oxygen atoms in total. The molecule has 0 aromatic heterocycles. The molecule has 0 bridgehead atoms. The Hall–Kier alpha value is -3.83. The van der Waals surface area contributed by atoms with Crippen molar-refractivity contribution in [3.05, 3.63) is 101 Å². The SMILES string of the molecule is Nc1c2c(cc(-c3ccccc3)c1-c1ccccc1)C(=O)c1c(S)ccc(O)c1C2=O. The number of nitrogen functional groups attached to an aromatic ring is 1. The summed E-state index contributed by atoms with van der Waals surface area (Å²) in [5, 5.41) is 10.4. The Kier molecular flexibility index (Phi) is 4.41. The molecular weight excluding hydrogens is 406 g/mol. The van der Waals surface area contributed by atoms with Crippen LogP contribution in [0.3, 0.4) is 0 Å². The van der Waals surface area contributed by atoms with Crippen LogP contribution >= 0.6 is 12.6 Å². The maximum atomic E-state index is 13.5. The molecule has 0 atom stereocenters. The zero-order valence-electron chi connectivity index (χ0n) is 16.3. The van der Waals surface area contributed by atoms with E-state index in [1.165, 1.54) is 12.1 Å². The summed E-state index contributed by atoms with van der Waals surface area (Å²) in [6.07, 6.45) is 0. The van der Waals surface area contributed by atoms with Crippen molar-refractivity contribution in [3.63, 3.8) is 0 Å². The van der Waals surface area contributed by atoms with Gasteiger partial charge < -0.3 is 10.8 Å². The normalized spacial score (nSPS) is 12.4. The molecule has 0 amide bonds. The van der Waals surface area contributed by atoms with Crippen LogP contribution in [0, 0.1) is 0 Å². The van der Waals surface area contributed by atoms with Gasteiger partial charge in [0.15, 0.2) is 11.6 Å². The Morgan fingerprint density at radius 1 is 0.645 bits per heavy atom. The van der Waals surface area contributed by atoms with Crippen LogP contribution in [0.5, 0.6) is 5.75 Å². The number of aromatic hydroxyl groups is 1. The van der Waals surface area contributed by atoms with E-state index in [4.69, 9.17) is 5.73 Å². The van der Waals surface area contributed by atoms with Crippen molar-refractivity contribution < 1.29 is 14.7 Å². The molecule has 0 fully saturated rings. The van der Waals surface area contributed by atoms with Crippen LogP contribution in [-0.4, -0.2) is 16.7 Å². The van der Waals surface area contributed by atoms with Crippen LogP contribution in [0.2, 0.25) is 0 Å². The lowest BCUT2D eigenvalue weighted by molar-refractivity contribution is 0.0975. The van der Waals surface area contributed by atoms with E-state index in [2.05, 4.69) is 12.6 Å². The number of nitrogens with two attached hydrogens (primary N) is 1. The number of carbonyl (C=O) groups is 2. The van der Waals surface area contributed by atoms with Crippen molar-refractivity contribution in [2.24, 2.45) is 0 Å². The molecule has 0 aliphatic heterocycles. The van der Waals surface area contributed by atoms with Crippen LogP contribution in [-0.2, 0) is 0 Å². The number of anilines is 1. The highest BCUT2D eigenvalue weighted by atomic mass is 32.1. The van der Waals surface area contributed by atoms with Crippen LogP contribution in [0.1, 0.15) is 31.8 Å². The van der Waals surface area contributed by atoms with Gasteiger partial charge >= 0.3 is 0 Å². The zero-order valence-corrected chi connectivity index (χ0v) is 17.2. The molecule has 1 aliphatic carbocycles. The van der Waals surface area contributed by atoms with Gasteiger partial charge in [-0.15, -0.1) is 12.6 Å². The summed E-state index contributed by atoms with van der Waals surface area (Å²) in [5.41, 5.74) is 10.3. The van der Waals surface area contributed by atoms with E-state index >= 15 is 0 Å². The molecule has 5 rings (SSSR count). The van der Waals surface area contributed by atoms with Crippen LogP contribution in [0.15, 0.2) is 83.8 Å². The molecule has 4 aromatic carbocycles. The van der Waals surface area contributed by atoms with Gasteiger partial charge in [0.25, 0.3) is 0 Å². The van der Waals surface area contributed by atoms with E-state index in [0.717, 1.165) is 16.7 Å². The van der Waals surface area contributed by atoms with Crippen LogP contribution in [0.4, 0.5) is 5.69 Å². The first-order valence-electron chi connectivity index (χ1n) is 9.70. The number of rotatable bonds is 2. The molecule has 1 aliphatic rings. The van der Waals surface area contributed by atoms with Gasteiger partial charge in [0.1, 0.15) is 5.75 Å². The largest absolute Gasteiger partial charge is 0.507 e. The minimum absolute atomic E-state index is 0.0526.